The lowest BCUT2D eigenvalue weighted by Crippen LogP contribution is -2.35. The summed E-state index contributed by atoms with van der Waals surface area (Å²) in [6, 6.07) is 0.765. The van der Waals surface area contributed by atoms with Crippen LogP contribution in [0.15, 0.2) is 0 Å². The summed E-state index contributed by atoms with van der Waals surface area (Å²) in [7, 11) is 3.92. The predicted molar refractivity (Wildman–Crippen MR) is 51.1 cm³/mol. The molecule has 0 aromatic rings. The lowest BCUT2D eigenvalue weighted by molar-refractivity contribution is 0.0366. The molecule has 0 heterocycles. The van der Waals surface area contributed by atoms with E-state index in [1.807, 2.05) is 0 Å². The molecule has 2 nitrogen and oxygen atoms in total. The third kappa shape index (κ3) is 2.76. The predicted octanol–water partition coefficient (Wildman–Crippen LogP) is 2.10. The zero-order valence-corrected chi connectivity index (χ0v) is 8.55. The lowest BCUT2D eigenvalue weighted by Gasteiger charge is -2.32. The molecular weight excluding hydrogens is 150 g/mol. The molecule has 0 bridgehead atoms. The van der Waals surface area contributed by atoms with Crippen LogP contribution < -0.4 is 0 Å². The van der Waals surface area contributed by atoms with Gasteiger partial charge in [0.05, 0.1) is 6.73 Å². The molecule has 0 unspecified atom stereocenters. The van der Waals surface area contributed by atoms with Gasteiger partial charge in [0.25, 0.3) is 0 Å². The number of hydrogen-bond acceptors (Lipinski definition) is 2. The quantitative estimate of drug-likeness (QED) is 0.603. The summed E-state index contributed by atoms with van der Waals surface area (Å²) in [6.07, 6.45) is 5.47. The van der Waals surface area contributed by atoms with Crippen LogP contribution in [-0.4, -0.2) is 31.8 Å². The molecule has 72 valence electrons. The Morgan fingerprint density at radius 3 is 2.33 bits per heavy atom. The third-order valence-electron chi connectivity index (χ3n) is 2.94. The zero-order chi connectivity index (χ0) is 8.97. The van der Waals surface area contributed by atoms with Crippen LogP contribution in [0, 0.1) is 5.92 Å². The van der Waals surface area contributed by atoms with Crippen molar-refractivity contribution >= 4 is 0 Å². The maximum absolute atomic E-state index is 5.11. The Hall–Kier alpha value is -0.0800. The normalized spacial score (nSPS) is 31.0. The van der Waals surface area contributed by atoms with Gasteiger partial charge in [-0.05, 0) is 38.6 Å². The van der Waals surface area contributed by atoms with Crippen molar-refractivity contribution in [3.05, 3.63) is 0 Å². The fourth-order valence-electron chi connectivity index (χ4n) is 1.99. The van der Waals surface area contributed by atoms with Crippen LogP contribution in [0.3, 0.4) is 0 Å². The van der Waals surface area contributed by atoms with Crippen LogP contribution in [0.2, 0.25) is 0 Å². The van der Waals surface area contributed by atoms with Crippen molar-refractivity contribution in [1.29, 1.82) is 0 Å². The molecule has 0 saturated heterocycles. The van der Waals surface area contributed by atoms with E-state index in [9.17, 15) is 0 Å². The maximum atomic E-state index is 5.11. The molecule has 1 saturated carbocycles. The number of hydrogen-bond donors (Lipinski definition) is 0. The Morgan fingerprint density at radius 2 is 1.83 bits per heavy atom. The zero-order valence-electron chi connectivity index (χ0n) is 8.55. The van der Waals surface area contributed by atoms with Gasteiger partial charge < -0.3 is 4.74 Å². The van der Waals surface area contributed by atoms with Crippen molar-refractivity contribution in [1.82, 2.24) is 4.90 Å². The summed E-state index contributed by atoms with van der Waals surface area (Å²) < 4.78 is 5.11. The topological polar surface area (TPSA) is 12.5 Å². The highest BCUT2D eigenvalue weighted by Crippen LogP contribution is 2.26. The highest BCUT2D eigenvalue weighted by atomic mass is 16.5. The first-order chi connectivity index (χ1) is 5.74. The van der Waals surface area contributed by atoms with E-state index in [2.05, 4.69) is 18.9 Å². The van der Waals surface area contributed by atoms with Crippen LogP contribution in [0.5, 0.6) is 0 Å². The van der Waals surface area contributed by atoms with E-state index in [4.69, 9.17) is 4.74 Å². The second kappa shape index (κ2) is 4.83. The first-order valence-electron chi connectivity index (χ1n) is 4.93. The maximum Gasteiger partial charge on any atom is 0.0986 e. The second-order valence-electron chi connectivity index (χ2n) is 4.09. The summed E-state index contributed by atoms with van der Waals surface area (Å²) in [4.78, 5) is 2.33. The van der Waals surface area contributed by atoms with Gasteiger partial charge in [0.1, 0.15) is 0 Å². The van der Waals surface area contributed by atoms with Gasteiger partial charge in [-0.1, -0.05) is 6.92 Å². The minimum Gasteiger partial charge on any atom is -0.369 e. The van der Waals surface area contributed by atoms with Crippen molar-refractivity contribution in [2.75, 3.05) is 20.9 Å². The van der Waals surface area contributed by atoms with Crippen molar-refractivity contribution in [2.24, 2.45) is 5.92 Å². The highest BCUT2D eigenvalue weighted by Gasteiger charge is 2.20. The SMILES string of the molecule is COCN(C)[C@H]1CC[C@@H](C)CC1. The molecule has 12 heavy (non-hydrogen) atoms. The highest BCUT2D eigenvalue weighted by molar-refractivity contribution is 4.75. The minimum atomic E-state index is 0.765. The van der Waals surface area contributed by atoms with Crippen molar-refractivity contribution in [3.8, 4) is 0 Å². The summed E-state index contributed by atoms with van der Waals surface area (Å²) in [6.45, 7) is 3.13. The average Bonchev–Trinajstić information content (AvgIpc) is 2.06. The number of ether oxygens (including phenoxy) is 1. The molecule has 1 rings (SSSR count). The smallest absolute Gasteiger partial charge is 0.0986 e. The molecule has 0 radical (unpaired) electrons. The first-order valence-corrected chi connectivity index (χ1v) is 4.93. The summed E-state index contributed by atoms with van der Waals surface area (Å²) >= 11 is 0. The molecule has 0 aromatic heterocycles. The molecular formula is C10H21NO. The van der Waals surface area contributed by atoms with E-state index in [0.29, 0.717) is 0 Å². The van der Waals surface area contributed by atoms with Gasteiger partial charge in [0.15, 0.2) is 0 Å². The fourth-order valence-corrected chi connectivity index (χ4v) is 1.99. The van der Waals surface area contributed by atoms with Gasteiger partial charge in [-0.2, -0.15) is 0 Å². The molecule has 0 amide bonds. The van der Waals surface area contributed by atoms with E-state index in [1.54, 1.807) is 7.11 Å². The van der Waals surface area contributed by atoms with Crippen LogP contribution in [-0.2, 0) is 4.74 Å². The Labute approximate surface area is 75.9 Å². The Balaban J connectivity index is 2.24. The van der Waals surface area contributed by atoms with Gasteiger partial charge in [-0.15, -0.1) is 0 Å². The van der Waals surface area contributed by atoms with Gasteiger partial charge in [-0.25, -0.2) is 0 Å². The fraction of sp³-hybridized carbons (Fsp3) is 1.00. The number of rotatable bonds is 3. The molecule has 0 N–H and O–H groups in total. The van der Waals surface area contributed by atoms with Crippen molar-refractivity contribution in [2.45, 2.75) is 38.6 Å². The Kier molecular flexibility index (Phi) is 4.02. The number of nitrogens with zero attached hydrogens (tertiary/aromatic N) is 1. The van der Waals surface area contributed by atoms with Gasteiger partial charge in [-0.3, -0.25) is 4.90 Å². The van der Waals surface area contributed by atoms with E-state index >= 15 is 0 Å². The van der Waals surface area contributed by atoms with E-state index in [-0.39, 0.29) is 0 Å². The molecule has 1 aliphatic carbocycles. The Bertz CT molecular complexity index is 119. The molecule has 0 spiro atoms. The monoisotopic (exact) mass is 171 g/mol. The molecule has 1 aliphatic rings. The van der Waals surface area contributed by atoms with E-state index in [1.165, 1.54) is 25.7 Å². The van der Waals surface area contributed by atoms with Crippen LogP contribution in [0.4, 0.5) is 0 Å². The molecule has 2 heteroatoms. The van der Waals surface area contributed by atoms with Crippen molar-refractivity contribution in [3.63, 3.8) is 0 Å². The third-order valence-corrected chi connectivity index (χ3v) is 2.94. The van der Waals surface area contributed by atoms with Crippen LogP contribution in [0.25, 0.3) is 0 Å². The second-order valence-corrected chi connectivity index (χ2v) is 4.09. The van der Waals surface area contributed by atoms with E-state index in [0.717, 1.165) is 18.7 Å². The average molecular weight is 171 g/mol. The molecule has 0 atom stereocenters. The van der Waals surface area contributed by atoms with E-state index < -0.39 is 0 Å². The summed E-state index contributed by atoms with van der Waals surface area (Å²) in [5.74, 6) is 0.942. The lowest BCUT2D eigenvalue weighted by atomic mass is 9.87. The molecule has 1 fully saturated rings. The summed E-state index contributed by atoms with van der Waals surface area (Å²) in [5.41, 5.74) is 0. The molecule has 0 aliphatic heterocycles. The molecule has 0 aromatic carbocycles. The standard InChI is InChI=1S/C10H21NO/c1-9-4-6-10(7-5-9)11(2)8-12-3/h9-10H,4-8H2,1-3H3/t9-,10+. The Morgan fingerprint density at radius 1 is 1.25 bits per heavy atom. The number of methoxy groups -OCH3 is 1. The first kappa shape index (κ1) is 10.0. The van der Waals surface area contributed by atoms with Gasteiger partial charge in [0, 0.05) is 13.2 Å². The van der Waals surface area contributed by atoms with Crippen LogP contribution >= 0.6 is 0 Å². The summed E-state index contributed by atoms with van der Waals surface area (Å²) in [5, 5.41) is 0. The minimum absolute atomic E-state index is 0.765. The van der Waals surface area contributed by atoms with Gasteiger partial charge >= 0.3 is 0 Å². The largest absolute Gasteiger partial charge is 0.369 e. The van der Waals surface area contributed by atoms with Crippen molar-refractivity contribution < 1.29 is 4.74 Å². The van der Waals surface area contributed by atoms with Crippen LogP contribution in [0.1, 0.15) is 32.6 Å². The van der Waals surface area contributed by atoms with Gasteiger partial charge in [0.2, 0.25) is 0 Å².